The second-order valence-electron chi connectivity index (χ2n) is 7.87. The lowest BCUT2D eigenvalue weighted by molar-refractivity contribution is -0.265. The molecule has 0 radical (unpaired) electrons. The number of ether oxygens (including phenoxy) is 2. The van der Waals surface area contributed by atoms with Crippen molar-refractivity contribution in [3.63, 3.8) is 0 Å². The topological polar surface area (TPSA) is 144 Å². The summed E-state index contributed by atoms with van der Waals surface area (Å²) in [7, 11) is 1.15. The van der Waals surface area contributed by atoms with Crippen LogP contribution in [0, 0.1) is 11.6 Å². The number of methoxy groups -OCH3 is 1. The molecule has 0 bridgehead atoms. The summed E-state index contributed by atoms with van der Waals surface area (Å²) < 4.78 is 38.9. The third kappa shape index (κ3) is 4.27. The summed E-state index contributed by atoms with van der Waals surface area (Å²) in [5, 5.41) is 23.0. The number of pyridine rings is 1. The van der Waals surface area contributed by atoms with E-state index in [0.717, 1.165) is 20.1 Å². The minimum Gasteiger partial charge on any atom is -0.493 e. The first kappa shape index (κ1) is 23.5. The van der Waals surface area contributed by atoms with Crippen molar-refractivity contribution < 1.29 is 38.1 Å². The highest BCUT2D eigenvalue weighted by molar-refractivity contribution is 5.97. The van der Waals surface area contributed by atoms with Crippen molar-refractivity contribution in [1.82, 2.24) is 4.98 Å². The van der Waals surface area contributed by atoms with Crippen LogP contribution in [0.15, 0.2) is 30.5 Å². The third-order valence-electron chi connectivity index (χ3n) is 5.59. The van der Waals surface area contributed by atoms with Crippen LogP contribution >= 0.6 is 0 Å². The molecule has 0 saturated carbocycles. The zero-order valence-electron chi connectivity index (χ0n) is 17.6. The predicted octanol–water partition coefficient (Wildman–Crippen LogP) is 1.44. The molecular formula is C21H23F2N3O6. The average Bonchev–Trinajstić information content (AvgIpc) is 3.09. The number of benzene rings is 1. The highest BCUT2D eigenvalue weighted by atomic mass is 19.2. The van der Waals surface area contributed by atoms with E-state index in [-0.39, 0.29) is 23.4 Å². The van der Waals surface area contributed by atoms with E-state index in [0.29, 0.717) is 0 Å². The zero-order chi connectivity index (χ0) is 23.8. The Morgan fingerprint density at radius 1 is 1.34 bits per heavy atom. The number of carbonyl (C=O) groups excluding carboxylic acids is 2. The first-order valence-corrected chi connectivity index (χ1v) is 9.59. The highest BCUT2D eigenvalue weighted by Gasteiger charge is 2.56. The molecule has 0 aliphatic carbocycles. The molecule has 2 aromatic rings. The molecule has 172 valence electrons. The molecule has 2 heterocycles. The Kier molecular flexibility index (Phi) is 6.18. The van der Waals surface area contributed by atoms with Crippen LogP contribution in [0.25, 0.3) is 0 Å². The van der Waals surface area contributed by atoms with Crippen molar-refractivity contribution in [2.75, 3.05) is 12.4 Å². The lowest BCUT2D eigenvalue weighted by Crippen LogP contribution is -2.50. The molecule has 11 heteroatoms. The van der Waals surface area contributed by atoms with Crippen LogP contribution in [0.5, 0.6) is 5.75 Å². The van der Waals surface area contributed by atoms with E-state index >= 15 is 0 Å². The number of nitrogens with zero attached hydrogens (tertiary/aromatic N) is 1. The van der Waals surface area contributed by atoms with E-state index in [9.17, 15) is 28.6 Å². The van der Waals surface area contributed by atoms with Crippen LogP contribution in [0.1, 0.15) is 42.2 Å². The van der Waals surface area contributed by atoms with Gasteiger partial charge in [-0.3, -0.25) is 14.6 Å². The van der Waals surface area contributed by atoms with Gasteiger partial charge in [-0.2, -0.15) is 4.39 Å². The molecule has 9 nitrogen and oxygen atoms in total. The van der Waals surface area contributed by atoms with Crippen molar-refractivity contribution in [2.45, 2.75) is 43.7 Å². The van der Waals surface area contributed by atoms with Gasteiger partial charge in [-0.1, -0.05) is 6.07 Å². The Morgan fingerprint density at radius 2 is 2.03 bits per heavy atom. The van der Waals surface area contributed by atoms with E-state index in [1.54, 1.807) is 0 Å². The van der Waals surface area contributed by atoms with Crippen LogP contribution in [0.3, 0.4) is 0 Å². The van der Waals surface area contributed by atoms with Gasteiger partial charge < -0.3 is 30.7 Å². The van der Waals surface area contributed by atoms with Crippen molar-refractivity contribution in [3.8, 4) is 5.75 Å². The highest BCUT2D eigenvalue weighted by Crippen LogP contribution is 2.48. The molecule has 32 heavy (non-hydrogen) atoms. The number of primary amides is 1. The summed E-state index contributed by atoms with van der Waals surface area (Å²) in [5.74, 6) is -7.61. The lowest BCUT2D eigenvalue weighted by Gasteiger charge is -2.34. The van der Waals surface area contributed by atoms with E-state index in [1.165, 1.54) is 31.3 Å². The standard InChI is InChI=1S/C21H23F2N3O6/c1-20(21(2,29)30)9-12(11-4-5-13(22)15(23)16(11)31-3)17(32-20)19(28)26-10-6-7-25-14(8-10)18(24)27/h4-8,12,17,29-30H,9H2,1-3H3,(H2,24,27)(H,25,26,28)/t12-,17+,20-/m1/s1. The quantitative estimate of drug-likeness (QED) is 0.487. The number of rotatable bonds is 6. The molecular weight excluding hydrogens is 428 g/mol. The van der Waals surface area contributed by atoms with Gasteiger partial charge in [0.2, 0.25) is 5.82 Å². The number of aliphatic hydroxyl groups is 2. The number of aromatic nitrogens is 1. The Labute approximate surface area is 182 Å². The SMILES string of the molecule is COc1c([C@H]2C[C@](C)(C(C)(O)O)O[C@@H]2C(=O)Nc2ccnc(C(N)=O)c2)ccc(F)c1F. The maximum atomic E-state index is 14.3. The van der Waals surface area contributed by atoms with Gasteiger partial charge in [0.15, 0.2) is 17.4 Å². The normalized spacial score (nSPS) is 23.1. The molecule has 1 saturated heterocycles. The minimum absolute atomic E-state index is 0.0860. The van der Waals surface area contributed by atoms with Crippen LogP contribution < -0.4 is 15.8 Å². The Morgan fingerprint density at radius 3 is 2.62 bits per heavy atom. The number of amides is 2. The molecule has 3 rings (SSSR count). The predicted molar refractivity (Wildman–Crippen MR) is 108 cm³/mol. The molecule has 3 atom stereocenters. The van der Waals surface area contributed by atoms with Crippen LogP contribution in [-0.4, -0.2) is 51.6 Å². The number of hydrogen-bond donors (Lipinski definition) is 4. The van der Waals surface area contributed by atoms with E-state index < -0.39 is 52.6 Å². The fourth-order valence-electron chi connectivity index (χ4n) is 3.65. The summed E-state index contributed by atoms with van der Waals surface area (Å²) in [5.41, 5.74) is 3.78. The molecule has 1 aliphatic heterocycles. The largest absolute Gasteiger partial charge is 0.493 e. The third-order valence-corrected chi connectivity index (χ3v) is 5.59. The van der Waals surface area contributed by atoms with Crippen molar-refractivity contribution in [2.24, 2.45) is 5.73 Å². The Balaban J connectivity index is 2.01. The van der Waals surface area contributed by atoms with Gasteiger partial charge >= 0.3 is 0 Å². The summed E-state index contributed by atoms with van der Waals surface area (Å²) in [6.45, 7) is 2.48. The minimum atomic E-state index is -2.36. The fourth-order valence-corrected chi connectivity index (χ4v) is 3.65. The molecule has 5 N–H and O–H groups in total. The number of carbonyl (C=O) groups is 2. The number of nitrogens with one attached hydrogen (secondary N) is 1. The number of nitrogens with two attached hydrogens (primary N) is 1. The van der Waals surface area contributed by atoms with Gasteiger partial charge in [0, 0.05) is 23.4 Å². The van der Waals surface area contributed by atoms with Gasteiger partial charge in [-0.25, -0.2) is 4.39 Å². The molecule has 1 aromatic carbocycles. The Hall–Kier alpha value is -3.15. The number of halogens is 2. The monoisotopic (exact) mass is 451 g/mol. The smallest absolute Gasteiger partial charge is 0.267 e. The summed E-state index contributed by atoms with van der Waals surface area (Å²) in [6.07, 6.45) is -0.203. The second kappa shape index (κ2) is 8.41. The number of anilines is 1. The molecule has 1 aliphatic rings. The molecule has 1 aromatic heterocycles. The first-order chi connectivity index (χ1) is 14.9. The summed E-state index contributed by atoms with van der Waals surface area (Å²) in [6, 6.07) is 4.80. The van der Waals surface area contributed by atoms with Gasteiger partial charge in [0.05, 0.1) is 7.11 Å². The van der Waals surface area contributed by atoms with E-state index in [1.807, 2.05) is 0 Å². The summed E-state index contributed by atoms with van der Waals surface area (Å²) >= 11 is 0. The molecule has 2 amide bonds. The second-order valence-corrected chi connectivity index (χ2v) is 7.87. The van der Waals surface area contributed by atoms with Crippen molar-refractivity contribution >= 4 is 17.5 Å². The first-order valence-electron chi connectivity index (χ1n) is 9.59. The molecule has 0 unspecified atom stereocenters. The van der Waals surface area contributed by atoms with Crippen LogP contribution in [-0.2, 0) is 9.53 Å². The van der Waals surface area contributed by atoms with Gasteiger partial charge in [-0.15, -0.1) is 0 Å². The zero-order valence-corrected chi connectivity index (χ0v) is 17.6. The fraction of sp³-hybridized carbons (Fsp3) is 0.381. The van der Waals surface area contributed by atoms with Gasteiger partial charge in [-0.05, 0) is 38.5 Å². The number of hydrogen-bond acceptors (Lipinski definition) is 7. The maximum Gasteiger partial charge on any atom is 0.267 e. The van der Waals surface area contributed by atoms with Crippen LogP contribution in [0.4, 0.5) is 14.5 Å². The average molecular weight is 451 g/mol. The van der Waals surface area contributed by atoms with Gasteiger partial charge in [0.1, 0.15) is 17.4 Å². The van der Waals surface area contributed by atoms with Crippen molar-refractivity contribution in [1.29, 1.82) is 0 Å². The van der Waals surface area contributed by atoms with Crippen molar-refractivity contribution in [3.05, 3.63) is 53.4 Å². The maximum absolute atomic E-state index is 14.3. The molecule has 1 fully saturated rings. The Bertz CT molecular complexity index is 1060. The lowest BCUT2D eigenvalue weighted by atomic mass is 9.83. The summed E-state index contributed by atoms with van der Waals surface area (Å²) in [4.78, 5) is 28.2. The van der Waals surface area contributed by atoms with E-state index in [4.69, 9.17) is 15.2 Å². The molecule has 0 spiro atoms. The van der Waals surface area contributed by atoms with Crippen LogP contribution in [0.2, 0.25) is 0 Å². The van der Waals surface area contributed by atoms with Gasteiger partial charge in [0.25, 0.3) is 11.8 Å². The van der Waals surface area contributed by atoms with E-state index in [2.05, 4.69) is 10.3 Å².